The van der Waals surface area contributed by atoms with Crippen molar-refractivity contribution in [2.24, 2.45) is 5.41 Å². The van der Waals surface area contributed by atoms with Gasteiger partial charge in [-0.1, -0.05) is 43.3 Å². The monoisotopic (exact) mass is 453 g/mol. The number of nitrogen functional groups attached to an aromatic ring is 1. The van der Waals surface area contributed by atoms with Gasteiger partial charge in [0, 0.05) is 38.0 Å². The minimum absolute atomic E-state index is 0.0857. The predicted molar refractivity (Wildman–Crippen MR) is 130 cm³/mol. The number of anilines is 2. The highest BCUT2D eigenvalue weighted by molar-refractivity contribution is 5.88. The first kappa shape index (κ1) is 25.8. The summed E-state index contributed by atoms with van der Waals surface area (Å²) in [6.07, 6.45) is 4.44. The van der Waals surface area contributed by atoms with Crippen molar-refractivity contribution >= 4 is 29.7 Å². The average molecular weight is 454 g/mol. The Kier molecular flexibility index (Phi) is 9.39. The van der Waals surface area contributed by atoms with Crippen LogP contribution < -0.4 is 11.1 Å². The molecule has 1 aromatic carbocycles. The van der Waals surface area contributed by atoms with Crippen molar-refractivity contribution in [2.45, 2.75) is 46.6 Å². The molecule has 1 atom stereocenters. The van der Waals surface area contributed by atoms with E-state index < -0.39 is 0 Å². The first-order valence-electron chi connectivity index (χ1n) is 11.2. The van der Waals surface area contributed by atoms with Gasteiger partial charge in [0.2, 0.25) is 18.2 Å². The van der Waals surface area contributed by atoms with E-state index in [0.717, 1.165) is 24.8 Å². The van der Waals surface area contributed by atoms with Gasteiger partial charge in [-0.2, -0.15) is 0 Å². The van der Waals surface area contributed by atoms with Crippen LogP contribution in [0.5, 0.6) is 0 Å². The van der Waals surface area contributed by atoms with Gasteiger partial charge in [0.1, 0.15) is 5.82 Å². The van der Waals surface area contributed by atoms with E-state index in [-0.39, 0.29) is 23.3 Å². The number of aryl methyl sites for hydroxylation is 1. The molecule has 2 aliphatic rings. The summed E-state index contributed by atoms with van der Waals surface area (Å²) >= 11 is 0. The Bertz CT molecular complexity index is 904. The highest BCUT2D eigenvalue weighted by Gasteiger charge is 2.48. The van der Waals surface area contributed by atoms with E-state index in [2.05, 4.69) is 10.3 Å². The van der Waals surface area contributed by atoms with Crippen LogP contribution in [0.3, 0.4) is 0 Å². The van der Waals surface area contributed by atoms with Gasteiger partial charge in [0.05, 0.1) is 11.9 Å². The molecule has 2 fully saturated rings. The van der Waals surface area contributed by atoms with E-state index in [1.807, 2.05) is 62.1 Å². The van der Waals surface area contributed by atoms with Crippen LogP contribution in [-0.2, 0) is 14.4 Å². The lowest BCUT2D eigenvalue weighted by atomic mass is 10.1. The number of aromatic nitrogens is 1. The second kappa shape index (κ2) is 12.0. The maximum Gasteiger partial charge on any atom is 0.228 e. The van der Waals surface area contributed by atoms with Gasteiger partial charge in [-0.25, -0.2) is 4.98 Å². The van der Waals surface area contributed by atoms with Gasteiger partial charge < -0.3 is 20.9 Å². The Morgan fingerprint density at radius 2 is 1.73 bits per heavy atom. The molecule has 1 aliphatic heterocycles. The highest BCUT2D eigenvalue weighted by Crippen LogP contribution is 2.46. The van der Waals surface area contributed by atoms with Crippen molar-refractivity contribution in [3.05, 3.63) is 54.2 Å². The second-order valence-electron chi connectivity index (χ2n) is 8.77. The normalized spacial score (nSPS) is 18.0. The van der Waals surface area contributed by atoms with Crippen LogP contribution in [0.25, 0.3) is 0 Å². The molecule has 8 nitrogen and oxygen atoms in total. The summed E-state index contributed by atoms with van der Waals surface area (Å²) < 4.78 is 0. The van der Waals surface area contributed by atoms with E-state index in [4.69, 9.17) is 5.73 Å². The van der Waals surface area contributed by atoms with Gasteiger partial charge in [-0.15, -0.1) is 0 Å². The molecule has 1 aromatic heterocycles. The maximum atomic E-state index is 12.1. The first-order chi connectivity index (χ1) is 15.7. The van der Waals surface area contributed by atoms with Crippen molar-refractivity contribution in [1.82, 2.24) is 14.8 Å². The Morgan fingerprint density at radius 1 is 1.15 bits per heavy atom. The molecule has 0 radical (unpaired) electrons. The molecule has 33 heavy (non-hydrogen) atoms. The van der Waals surface area contributed by atoms with Crippen LogP contribution in [0.2, 0.25) is 0 Å². The third-order valence-electron chi connectivity index (χ3n) is 5.69. The third kappa shape index (κ3) is 8.21. The minimum Gasteiger partial charge on any atom is -0.383 e. The standard InChI is InChI=1S/C11H18N2O2.C8H11N3O.C6H6/c1-9-7-12(8-14)5-6-13(9)10(15)11(2)3-4-11;1-5-3-7(11-6(2)12)4-10-8(5)9;1-2-4-6-5-3-1/h8-9H,3-7H2,1-2H3;3-4H,1-2H3,(H2,9,10)(H,11,12);1-6H. The van der Waals surface area contributed by atoms with E-state index in [1.54, 1.807) is 11.0 Å². The zero-order valence-electron chi connectivity index (χ0n) is 20.0. The molecule has 8 heteroatoms. The summed E-state index contributed by atoms with van der Waals surface area (Å²) in [5.74, 6) is 0.658. The first-order valence-corrected chi connectivity index (χ1v) is 11.2. The number of rotatable bonds is 3. The fourth-order valence-corrected chi connectivity index (χ4v) is 3.37. The summed E-state index contributed by atoms with van der Waals surface area (Å²) in [5, 5.41) is 2.62. The summed E-state index contributed by atoms with van der Waals surface area (Å²) in [4.78, 5) is 40.9. The molecular formula is C25H35N5O3. The predicted octanol–water partition coefficient (Wildman–Crippen LogP) is 3.09. The zero-order chi connectivity index (χ0) is 24.4. The summed E-state index contributed by atoms with van der Waals surface area (Å²) in [7, 11) is 0. The average Bonchev–Trinajstić information content (AvgIpc) is 3.56. The Morgan fingerprint density at radius 3 is 2.15 bits per heavy atom. The smallest absolute Gasteiger partial charge is 0.228 e. The number of benzene rings is 1. The van der Waals surface area contributed by atoms with Gasteiger partial charge in [0.25, 0.3) is 0 Å². The van der Waals surface area contributed by atoms with Crippen LogP contribution >= 0.6 is 0 Å². The van der Waals surface area contributed by atoms with Crippen molar-refractivity contribution in [3.63, 3.8) is 0 Å². The fraction of sp³-hybridized carbons (Fsp3) is 0.440. The Labute approximate surface area is 196 Å². The number of amides is 3. The van der Waals surface area contributed by atoms with Gasteiger partial charge >= 0.3 is 0 Å². The molecule has 2 heterocycles. The number of carbonyl (C=O) groups excluding carboxylic acids is 3. The maximum absolute atomic E-state index is 12.1. The molecule has 3 amide bonds. The summed E-state index contributed by atoms with van der Waals surface area (Å²) in [6, 6.07) is 13.9. The SMILES string of the molecule is CC(=O)Nc1cnc(N)c(C)c1.CC1CN(C=O)CCN1C(=O)C1(C)CC1.c1ccccc1. The van der Waals surface area contributed by atoms with Crippen LogP contribution in [-0.4, -0.2) is 58.7 Å². The number of piperazine rings is 1. The topological polar surface area (TPSA) is 109 Å². The van der Waals surface area contributed by atoms with Crippen LogP contribution in [0.15, 0.2) is 48.7 Å². The number of hydrogen-bond acceptors (Lipinski definition) is 5. The third-order valence-corrected chi connectivity index (χ3v) is 5.69. The molecule has 1 unspecified atom stereocenters. The highest BCUT2D eigenvalue weighted by atomic mass is 16.2. The molecular weight excluding hydrogens is 418 g/mol. The molecule has 4 rings (SSSR count). The van der Waals surface area contributed by atoms with Crippen molar-refractivity contribution in [1.29, 1.82) is 0 Å². The van der Waals surface area contributed by atoms with Gasteiger partial charge in [-0.3, -0.25) is 14.4 Å². The molecule has 1 saturated carbocycles. The fourth-order valence-electron chi connectivity index (χ4n) is 3.37. The quantitative estimate of drug-likeness (QED) is 0.694. The summed E-state index contributed by atoms with van der Waals surface area (Å²) in [6.45, 7) is 9.38. The van der Waals surface area contributed by atoms with Gasteiger partial charge in [-0.05, 0) is 38.3 Å². The zero-order valence-corrected chi connectivity index (χ0v) is 20.0. The van der Waals surface area contributed by atoms with Crippen molar-refractivity contribution in [2.75, 3.05) is 30.7 Å². The number of hydrogen-bond donors (Lipinski definition) is 2. The number of nitrogens with two attached hydrogens (primary N) is 1. The number of nitrogens with zero attached hydrogens (tertiary/aromatic N) is 3. The number of nitrogens with one attached hydrogen (secondary N) is 1. The lowest BCUT2D eigenvalue weighted by Gasteiger charge is -2.39. The number of carbonyl (C=O) groups is 3. The number of pyridine rings is 1. The molecule has 1 aliphatic carbocycles. The lowest BCUT2D eigenvalue weighted by molar-refractivity contribution is -0.142. The second-order valence-corrected chi connectivity index (χ2v) is 8.77. The van der Waals surface area contributed by atoms with Crippen molar-refractivity contribution < 1.29 is 14.4 Å². The molecule has 178 valence electrons. The minimum atomic E-state index is -0.110. The van der Waals surface area contributed by atoms with E-state index >= 15 is 0 Å². The lowest BCUT2D eigenvalue weighted by Crippen LogP contribution is -2.55. The van der Waals surface area contributed by atoms with Crippen molar-refractivity contribution in [3.8, 4) is 0 Å². The van der Waals surface area contributed by atoms with E-state index in [1.165, 1.54) is 13.1 Å². The van der Waals surface area contributed by atoms with E-state index in [0.29, 0.717) is 31.1 Å². The van der Waals surface area contributed by atoms with Crippen LogP contribution in [0.4, 0.5) is 11.5 Å². The Balaban J connectivity index is 0.000000191. The molecule has 3 N–H and O–H groups in total. The summed E-state index contributed by atoms with van der Waals surface area (Å²) in [5.41, 5.74) is 6.95. The van der Waals surface area contributed by atoms with Gasteiger partial charge in [0.15, 0.2) is 0 Å². The van der Waals surface area contributed by atoms with Crippen LogP contribution in [0.1, 0.15) is 39.2 Å². The molecule has 1 saturated heterocycles. The molecule has 0 bridgehead atoms. The van der Waals surface area contributed by atoms with Crippen LogP contribution in [0, 0.1) is 12.3 Å². The largest absolute Gasteiger partial charge is 0.383 e. The van der Waals surface area contributed by atoms with E-state index in [9.17, 15) is 14.4 Å². The molecule has 0 spiro atoms. The molecule has 2 aromatic rings. The Hall–Kier alpha value is -3.42.